The van der Waals surface area contributed by atoms with Crippen molar-refractivity contribution in [3.8, 4) is 0 Å². The highest BCUT2D eigenvalue weighted by Crippen LogP contribution is 2.25. The van der Waals surface area contributed by atoms with Crippen LogP contribution in [-0.4, -0.2) is 21.1 Å². The number of hydrogen-bond acceptors (Lipinski definition) is 4. The van der Waals surface area contributed by atoms with Crippen molar-refractivity contribution < 1.29 is 9.50 Å². The van der Waals surface area contributed by atoms with Gasteiger partial charge in [-0.2, -0.15) is 5.10 Å². The molecule has 2 heterocycles. The molecule has 0 aromatic carbocycles. The number of nitrogens with zero attached hydrogens (tertiary/aromatic N) is 3. The Balaban J connectivity index is 2.42. The number of allylic oxidation sites excluding steroid dienone is 2. The lowest BCUT2D eigenvalue weighted by molar-refractivity contribution is 0.209. The van der Waals surface area contributed by atoms with E-state index >= 15 is 0 Å². The van der Waals surface area contributed by atoms with E-state index in [-0.39, 0.29) is 5.70 Å². The number of nitrogens with two attached hydrogens (primary N) is 1. The summed E-state index contributed by atoms with van der Waals surface area (Å²) in [6.45, 7) is 1.83. The first-order valence-electron chi connectivity index (χ1n) is 4.80. The summed E-state index contributed by atoms with van der Waals surface area (Å²) >= 11 is 0. The molecule has 1 unspecified atom stereocenters. The monoisotopic (exact) mass is 224 g/mol. The van der Waals surface area contributed by atoms with Crippen LogP contribution in [0.2, 0.25) is 0 Å². The van der Waals surface area contributed by atoms with Crippen LogP contribution >= 0.6 is 0 Å². The lowest BCUT2D eigenvalue weighted by Gasteiger charge is -2.28. The molecule has 5 nitrogen and oxygen atoms in total. The maximum absolute atomic E-state index is 13.2. The van der Waals surface area contributed by atoms with Gasteiger partial charge in [0.25, 0.3) is 0 Å². The number of aromatic nitrogens is 2. The Morgan fingerprint density at radius 2 is 2.25 bits per heavy atom. The molecule has 6 heteroatoms. The first kappa shape index (κ1) is 10.7. The van der Waals surface area contributed by atoms with E-state index < -0.39 is 12.1 Å². The predicted octanol–water partition coefficient (Wildman–Crippen LogP) is 0.520. The minimum Gasteiger partial charge on any atom is -0.398 e. The van der Waals surface area contributed by atoms with Gasteiger partial charge in [0.1, 0.15) is 5.83 Å². The average Bonchev–Trinajstić information content (AvgIpc) is 2.51. The van der Waals surface area contributed by atoms with Crippen molar-refractivity contribution in [1.29, 1.82) is 0 Å². The van der Waals surface area contributed by atoms with Gasteiger partial charge in [0.15, 0.2) is 12.0 Å². The molecule has 1 aromatic rings. The molecule has 3 N–H and O–H groups in total. The zero-order valence-electron chi connectivity index (χ0n) is 9.05. The van der Waals surface area contributed by atoms with Crippen LogP contribution in [0.5, 0.6) is 0 Å². The van der Waals surface area contributed by atoms with Gasteiger partial charge in [-0.1, -0.05) is 0 Å². The van der Waals surface area contributed by atoms with Gasteiger partial charge >= 0.3 is 0 Å². The topological polar surface area (TPSA) is 67.3 Å². The zero-order valence-corrected chi connectivity index (χ0v) is 9.05. The maximum Gasteiger partial charge on any atom is 0.173 e. The summed E-state index contributed by atoms with van der Waals surface area (Å²) in [4.78, 5) is 1.31. The summed E-state index contributed by atoms with van der Waals surface area (Å²) in [5, 5.41) is 14.0. The predicted molar refractivity (Wildman–Crippen MR) is 57.9 cm³/mol. The number of anilines is 1. The minimum atomic E-state index is -1.08. The minimum absolute atomic E-state index is 0.0602. The van der Waals surface area contributed by atoms with Crippen LogP contribution in [0.3, 0.4) is 0 Å². The molecular formula is C10H13FN4O. The van der Waals surface area contributed by atoms with Gasteiger partial charge in [-0.15, -0.1) is 0 Å². The van der Waals surface area contributed by atoms with Crippen molar-refractivity contribution in [3.05, 3.63) is 35.6 Å². The summed E-state index contributed by atoms with van der Waals surface area (Å²) in [5.41, 5.74) is 6.40. The van der Waals surface area contributed by atoms with Crippen molar-refractivity contribution >= 4 is 5.82 Å². The van der Waals surface area contributed by atoms with Gasteiger partial charge < -0.3 is 10.8 Å². The van der Waals surface area contributed by atoms with Crippen molar-refractivity contribution in [2.24, 2.45) is 12.8 Å². The number of aliphatic hydroxyl groups excluding tert-OH is 1. The highest BCUT2D eigenvalue weighted by atomic mass is 19.1. The van der Waals surface area contributed by atoms with Crippen molar-refractivity contribution in [2.75, 3.05) is 4.90 Å². The first-order valence-corrected chi connectivity index (χ1v) is 4.80. The lowest BCUT2D eigenvalue weighted by Crippen LogP contribution is -2.38. The second kappa shape index (κ2) is 3.64. The average molecular weight is 224 g/mol. The molecule has 86 valence electrons. The Kier molecular flexibility index (Phi) is 2.43. The van der Waals surface area contributed by atoms with Crippen molar-refractivity contribution in [2.45, 2.75) is 13.2 Å². The molecule has 2 rings (SSSR count). The van der Waals surface area contributed by atoms with Crippen LogP contribution in [0.1, 0.15) is 5.56 Å². The number of aliphatic hydroxyl groups is 1. The fourth-order valence-electron chi connectivity index (χ4n) is 1.66. The van der Waals surface area contributed by atoms with E-state index in [0.29, 0.717) is 5.82 Å². The van der Waals surface area contributed by atoms with Crippen LogP contribution in [-0.2, 0) is 7.05 Å². The SMILES string of the molecule is Cc1cn(C)nc1N1C=C(F)C=C(N)C1O. The van der Waals surface area contributed by atoms with Gasteiger partial charge in [0, 0.05) is 25.0 Å². The Hall–Kier alpha value is -1.82. The Labute approximate surface area is 92.3 Å². The zero-order chi connectivity index (χ0) is 11.9. The summed E-state index contributed by atoms with van der Waals surface area (Å²) in [5.74, 6) is -0.0194. The van der Waals surface area contributed by atoms with Crippen LogP contribution in [0, 0.1) is 6.92 Å². The van der Waals surface area contributed by atoms with Crippen LogP contribution in [0.25, 0.3) is 0 Å². The molecule has 0 bridgehead atoms. The Morgan fingerprint density at radius 3 is 2.81 bits per heavy atom. The van der Waals surface area contributed by atoms with E-state index in [2.05, 4.69) is 5.10 Å². The van der Waals surface area contributed by atoms with E-state index in [0.717, 1.165) is 11.6 Å². The molecule has 0 fully saturated rings. The summed E-state index contributed by atoms with van der Waals surface area (Å²) in [7, 11) is 1.76. The highest BCUT2D eigenvalue weighted by molar-refractivity contribution is 5.53. The molecule has 1 aliphatic rings. The smallest absolute Gasteiger partial charge is 0.173 e. The van der Waals surface area contributed by atoms with E-state index in [9.17, 15) is 9.50 Å². The largest absolute Gasteiger partial charge is 0.398 e. The van der Waals surface area contributed by atoms with Crippen molar-refractivity contribution in [1.82, 2.24) is 9.78 Å². The summed E-state index contributed by atoms with van der Waals surface area (Å²) in [6.07, 6.45) is 2.98. The normalized spacial score (nSPS) is 20.8. The van der Waals surface area contributed by atoms with E-state index in [1.165, 1.54) is 11.1 Å². The first-order chi connectivity index (χ1) is 7.49. The number of halogens is 1. The van der Waals surface area contributed by atoms with Crippen molar-refractivity contribution in [3.63, 3.8) is 0 Å². The van der Waals surface area contributed by atoms with Crippen LogP contribution in [0.4, 0.5) is 10.2 Å². The van der Waals surface area contributed by atoms with Gasteiger partial charge in [-0.3, -0.25) is 9.58 Å². The molecule has 1 aliphatic heterocycles. The fourth-order valence-corrected chi connectivity index (χ4v) is 1.66. The second-order valence-corrected chi connectivity index (χ2v) is 3.75. The van der Waals surface area contributed by atoms with E-state index in [1.807, 2.05) is 6.92 Å². The highest BCUT2D eigenvalue weighted by Gasteiger charge is 2.25. The maximum atomic E-state index is 13.2. The van der Waals surface area contributed by atoms with Crippen LogP contribution < -0.4 is 10.6 Å². The summed E-state index contributed by atoms with van der Waals surface area (Å²) in [6, 6.07) is 0. The molecule has 0 radical (unpaired) electrons. The van der Waals surface area contributed by atoms with Gasteiger partial charge in [0.05, 0.1) is 5.70 Å². The molecule has 16 heavy (non-hydrogen) atoms. The van der Waals surface area contributed by atoms with Gasteiger partial charge in [-0.05, 0) is 13.0 Å². The number of hydrogen-bond donors (Lipinski definition) is 2. The molecule has 0 spiro atoms. The third kappa shape index (κ3) is 1.67. The molecule has 0 saturated heterocycles. The number of rotatable bonds is 1. The van der Waals surface area contributed by atoms with E-state index in [1.54, 1.807) is 17.9 Å². The quantitative estimate of drug-likeness (QED) is 0.729. The van der Waals surface area contributed by atoms with Crippen LogP contribution in [0.15, 0.2) is 30.0 Å². The third-order valence-corrected chi connectivity index (χ3v) is 2.36. The Morgan fingerprint density at radius 1 is 1.56 bits per heavy atom. The molecule has 1 atom stereocenters. The lowest BCUT2D eigenvalue weighted by atomic mass is 10.2. The molecular weight excluding hydrogens is 211 g/mol. The van der Waals surface area contributed by atoms with E-state index in [4.69, 9.17) is 5.73 Å². The third-order valence-electron chi connectivity index (χ3n) is 2.36. The fraction of sp³-hybridized carbons (Fsp3) is 0.300. The van der Waals surface area contributed by atoms with Gasteiger partial charge in [-0.25, -0.2) is 4.39 Å². The van der Waals surface area contributed by atoms with Gasteiger partial charge in [0.2, 0.25) is 0 Å². The molecule has 0 amide bonds. The Bertz CT molecular complexity index is 477. The molecule has 0 aliphatic carbocycles. The molecule has 0 saturated carbocycles. The second-order valence-electron chi connectivity index (χ2n) is 3.75. The molecule has 1 aromatic heterocycles. The number of aryl methyl sites for hydroxylation is 2. The standard InChI is InChI=1S/C10H13FN4O/c1-6-4-14(2)13-9(6)15-5-7(11)3-8(12)10(15)16/h3-5,10,16H,12H2,1-2H3. The summed E-state index contributed by atoms with van der Waals surface area (Å²) < 4.78 is 14.8.